The predicted molar refractivity (Wildman–Crippen MR) is 75.9 cm³/mol. The second-order valence-corrected chi connectivity index (χ2v) is 4.91. The van der Waals surface area contributed by atoms with Crippen LogP contribution in [0.3, 0.4) is 0 Å². The van der Waals surface area contributed by atoms with Gasteiger partial charge in [0.1, 0.15) is 0 Å². The Bertz CT molecular complexity index is 579. The highest BCUT2D eigenvalue weighted by atomic mass is 16.5. The number of carbonyl (C=O) groups excluding carboxylic acids is 2. The van der Waals surface area contributed by atoms with Crippen LogP contribution in [0.2, 0.25) is 0 Å². The molecule has 1 fully saturated rings. The molecule has 1 heterocycles. The lowest BCUT2D eigenvalue weighted by Gasteiger charge is -2.22. The molecule has 0 radical (unpaired) electrons. The Hall–Kier alpha value is -2.41. The third-order valence-electron chi connectivity index (χ3n) is 3.40. The number of aliphatic carboxylic acids is 1. The van der Waals surface area contributed by atoms with Gasteiger partial charge in [-0.15, -0.1) is 0 Å². The third-order valence-corrected chi connectivity index (χ3v) is 3.40. The summed E-state index contributed by atoms with van der Waals surface area (Å²) in [6.45, 7) is 0.834. The van der Waals surface area contributed by atoms with Crippen molar-refractivity contribution in [2.45, 2.75) is 18.9 Å². The van der Waals surface area contributed by atoms with Gasteiger partial charge in [-0.2, -0.15) is 10.2 Å². The lowest BCUT2D eigenvalue weighted by molar-refractivity contribution is -0.151. The highest BCUT2D eigenvalue weighted by Crippen LogP contribution is 2.20. The fourth-order valence-electron chi connectivity index (χ4n) is 2.18. The molecule has 22 heavy (non-hydrogen) atoms. The first kappa shape index (κ1) is 16.0. The maximum absolute atomic E-state index is 12.4. The second kappa shape index (κ2) is 7.56. The van der Waals surface area contributed by atoms with Gasteiger partial charge in [-0.3, -0.25) is 9.59 Å². The Balaban J connectivity index is 2.18. The number of hydrogen-bond acceptors (Lipinski definition) is 6. The van der Waals surface area contributed by atoms with Crippen molar-refractivity contribution in [3.05, 3.63) is 30.3 Å². The molecule has 0 aromatic heterocycles. The highest BCUT2D eigenvalue weighted by molar-refractivity contribution is 6.39. The lowest BCUT2D eigenvalue weighted by atomic mass is 9.90. The topological polar surface area (TPSA) is 105 Å². The zero-order valence-corrected chi connectivity index (χ0v) is 11.8. The number of azo groups is 1. The fraction of sp³-hybridized carbons (Fsp3) is 0.400. The molecule has 0 saturated carbocycles. The van der Waals surface area contributed by atoms with E-state index in [4.69, 9.17) is 9.84 Å². The molecule has 0 amide bonds. The Morgan fingerprint density at radius 2 is 1.77 bits per heavy atom. The van der Waals surface area contributed by atoms with Gasteiger partial charge in [-0.05, 0) is 25.0 Å². The van der Waals surface area contributed by atoms with Gasteiger partial charge in [0.15, 0.2) is 11.8 Å². The quantitative estimate of drug-likeness (QED) is 0.490. The number of Topliss-reactive ketones (excluding diaryl/α,β-unsaturated/α-hetero) is 2. The first-order valence-electron chi connectivity index (χ1n) is 6.94. The average molecular weight is 304 g/mol. The van der Waals surface area contributed by atoms with Crippen molar-refractivity contribution < 1.29 is 24.2 Å². The molecule has 1 aliphatic heterocycles. The molecule has 116 valence electrons. The second-order valence-electron chi connectivity index (χ2n) is 4.91. The highest BCUT2D eigenvalue weighted by Gasteiger charge is 2.36. The molecule has 0 bridgehead atoms. The molecule has 1 atom stereocenters. The van der Waals surface area contributed by atoms with E-state index < -0.39 is 29.5 Å². The summed E-state index contributed by atoms with van der Waals surface area (Å²) >= 11 is 0. The Morgan fingerprint density at radius 1 is 1.14 bits per heavy atom. The van der Waals surface area contributed by atoms with Gasteiger partial charge in [-0.25, -0.2) is 4.79 Å². The first-order valence-corrected chi connectivity index (χ1v) is 6.94. The van der Waals surface area contributed by atoms with Crippen molar-refractivity contribution in [3.8, 4) is 0 Å². The summed E-state index contributed by atoms with van der Waals surface area (Å²) in [4.78, 5) is 35.0. The number of carboxylic acids is 1. The van der Waals surface area contributed by atoms with Gasteiger partial charge in [0.2, 0.25) is 0 Å². The molecule has 2 rings (SSSR count). The van der Waals surface area contributed by atoms with Crippen LogP contribution in [0.4, 0.5) is 5.69 Å². The number of ether oxygens (including phenoxy) is 1. The molecular formula is C15H16N2O5. The Morgan fingerprint density at radius 3 is 2.36 bits per heavy atom. The van der Waals surface area contributed by atoms with Gasteiger partial charge >= 0.3 is 5.97 Å². The predicted octanol–water partition coefficient (Wildman–Crippen LogP) is 1.79. The number of hydrogen-bond donors (Lipinski definition) is 1. The number of rotatable bonds is 6. The maximum Gasteiger partial charge on any atom is 0.375 e. The summed E-state index contributed by atoms with van der Waals surface area (Å²) in [6, 6.07) is 6.92. The van der Waals surface area contributed by atoms with Crippen LogP contribution in [0, 0.1) is 5.92 Å². The molecule has 1 aliphatic rings. The lowest BCUT2D eigenvalue weighted by Crippen LogP contribution is -2.39. The van der Waals surface area contributed by atoms with Gasteiger partial charge in [0, 0.05) is 19.1 Å². The number of carbonyl (C=O) groups is 3. The number of carboxylic acid groups (broad SMARTS) is 1. The van der Waals surface area contributed by atoms with Crippen LogP contribution in [0.15, 0.2) is 40.6 Å². The van der Waals surface area contributed by atoms with Gasteiger partial charge < -0.3 is 9.84 Å². The third kappa shape index (κ3) is 4.05. The summed E-state index contributed by atoms with van der Waals surface area (Å²) in [5, 5.41) is 16.4. The minimum absolute atomic E-state index is 0.417. The number of nitrogens with zero attached hydrogens (tertiary/aromatic N) is 2. The largest absolute Gasteiger partial charge is 0.475 e. The van der Waals surface area contributed by atoms with Gasteiger partial charge in [0.25, 0.3) is 5.78 Å². The van der Waals surface area contributed by atoms with Crippen LogP contribution >= 0.6 is 0 Å². The van der Waals surface area contributed by atoms with Crippen molar-refractivity contribution in [2.75, 3.05) is 13.2 Å². The summed E-state index contributed by atoms with van der Waals surface area (Å²) in [5.74, 6) is -3.86. The molecule has 1 aromatic rings. The van der Waals surface area contributed by atoms with E-state index in [9.17, 15) is 14.4 Å². The van der Waals surface area contributed by atoms with Crippen molar-refractivity contribution in [1.29, 1.82) is 0 Å². The standard InChI is InChI=1S/C15H16N2O5/c18-13(10-6-8-22-9-7-10)12(14(19)15(20)21)17-16-11-4-2-1-3-5-11/h1-5,10,12H,6-9H2,(H,20,21). The average Bonchev–Trinajstić information content (AvgIpc) is 2.56. The van der Waals surface area contributed by atoms with Crippen molar-refractivity contribution in [1.82, 2.24) is 0 Å². The number of ketones is 2. The zero-order chi connectivity index (χ0) is 15.9. The van der Waals surface area contributed by atoms with E-state index in [2.05, 4.69) is 10.2 Å². The molecule has 1 aromatic carbocycles. The van der Waals surface area contributed by atoms with E-state index in [0.29, 0.717) is 31.7 Å². The smallest absolute Gasteiger partial charge is 0.375 e. The Kier molecular flexibility index (Phi) is 5.48. The Labute approximate surface area is 127 Å². The summed E-state index contributed by atoms with van der Waals surface area (Å²) < 4.78 is 5.16. The molecule has 7 heteroatoms. The molecule has 1 unspecified atom stereocenters. The zero-order valence-electron chi connectivity index (χ0n) is 11.8. The summed E-state index contributed by atoms with van der Waals surface area (Å²) in [7, 11) is 0. The SMILES string of the molecule is O=C(O)C(=O)C(N=Nc1ccccc1)C(=O)C1CCOCC1. The maximum atomic E-state index is 12.4. The van der Waals surface area contributed by atoms with E-state index in [1.54, 1.807) is 30.3 Å². The molecular weight excluding hydrogens is 288 g/mol. The summed E-state index contributed by atoms with van der Waals surface area (Å²) in [6.07, 6.45) is 0.923. The van der Waals surface area contributed by atoms with Crippen molar-refractivity contribution in [3.63, 3.8) is 0 Å². The molecule has 0 aliphatic carbocycles. The van der Waals surface area contributed by atoms with Crippen LogP contribution in [0.5, 0.6) is 0 Å². The normalized spacial score (nSPS) is 17.3. The molecule has 7 nitrogen and oxygen atoms in total. The minimum atomic E-state index is -1.68. The molecule has 1 N–H and O–H groups in total. The van der Waals surface area contributed by atoms with E-state index in [0.717, 1.165) is 0 Å². The van der Waals surface area contributed by atoms with Crippen molar-refractivity contribution in [2.24, 2.45) is 16.1 Å². The van der Waals surface area contributed by atoms with Gasteiger partial charge in [0.05, 0.1) is 5.69 Å². The van der Waals surface area contributed by atoms with Crippen molar-refractivity contribution >= 4 is 23.2 Å². The summed E-state index contributed by atoms with van der Waals surface area (Å²) in [5.41, 5.74) is 0.450. The van der Waals surface area contributed by atoms with E-state index in [1.165, 1.54) is 0 Å². The van der Waals surface area contributed by atoms with Crippen LogP contribution in [-0.2, 0) is 19.1 Å². The first-order chi connectivity index (χ1) is 10.6. The number of benzene rings is 1. The van der Waals surface area contributed by atoms with Crippen LogP contribution in [0.25, 0.3) is 0 Å². The van der Waals surface area contributed by atoms with E-state index >= 15 is 0 Å². The van der Waals surface area contributed by atoms with Crippen LogP contribution in [-0.4, -0.2) is 41.9 Å². The fourth-order valence-corrected chi connectivity index (χ4v) is 2.18. The minimum Gasteiger partial charge on any atom is -0.475 e. The van der Waals surface area contributed by atoms with E-state index in [-0.39, 0.29) is 0 Å². The molecule has 1 saturated heterocycles. The monoisotopic (exact) mass is 304 g/mol. The van der Waals surface area contributed by atoms with Gasteiger partial charge in [-0.1, -0.05) is 18.2 Å². The van der Waals surface area contributed by atoms with E-state index in [1.807, 2.05) is 0 Å². The van der Waals surface area contributed by atoms with Crippen LogP contribution in [0.1, 0.15) is 12.8 Å². The van der Waals surface area contributed by atoms with Crippen LogP contribution < -0.4 is 0 Å². The molecule has 0 spiro atoms.